The summed E-state index contributed by atoms with van der Waals surface area (Å²) in [5.74, 6) is 0. The second-order valence-corrected chi connectivity index (χ2v) is 7.95. The van der Waals surface area contributed by atoms with Gasteiger partial charge in [-0.3, -0.25) is 0 Å². The van der Waals surface area contributed by atoms with E-state index in [0.29, 0.717) is 11.3 Å². The Morgan fingerprint density at radius 3 is 2.00 bits per heavy atom. The molecule has 0 unspecified atom stereocenters. The van der Waals surface area contributed by atoms with Crippen LogP contribution in [0, 0.1) is 0 Å². The Morgan fingerprint density at radius 1 is 1.19 bits per heavy atom. The third-order valence-electron chi connectivity index (χ3n) is 2.42. The third-order valence-corrected chi connectivity index (χ3v) is 5.16. The summed E-state index contributed by atoms with van der Waals surface area (Å²) in [5.41, 5.74) is 1.23. The lowest BCUT2D eigenvalue weighted by molar-refractivity contribution is 0.565. The normalized spacial score (nSPS) is 13.8. The Labute approximate surface area is 100 Å². The van der Waals surface area contributed by atoms with Gasteiger partial charge in [0.1, 0.15) is 0 Å². The van der Waals surface area contributed by atoms with Gasteiger partial charge in [-0.2, -0.15) is 0 Å². The van der Waals surface area contributed by atoms with Crippen LogP contribution in [0.4, 0.5) is 0 Å². The van der Waals surface area contributed by atoms with E-state index in [1.165, 1.54) is 5.57 Å². The van der Waals surface area contributed by atoms with Crippen LogP contribution in [0.2, 0.25) is 0 Å². The molecule has 0 aliphatic rings. The fraction of sp³-hybridized carbons (Fsp3) is 0.692. The number of allylic oxidation sites excluding steroid dienone is 4. The van der Waals surface area contributed by atoms with E-state index in [-0.39, 0.29) is 0 Å². The summed E-state index contributed by atoms with van der Waals surface area (Å²) in [7, 11) is -3.15. The van der Waals surface area contributed by atoms with Crippen LogP contribution in [0.5, 0.6) is 0 Å². The Kier molecular flexibility index (Phi) is 5.47. The van der Waals surface area contributed by atoms with Gasteiger partial charge in [0.2, 0.25) is 0 Å². The maximum Gasteiger partial charge on any atom is 0.179 e. The summed E-state index contributed by atoms with van der Waals surface area (Å²) < 4.78 is 23.6. The van der Waals surface area contributed by atoms with Crippen molar-refractivity contribution in [2.24, 2.45) is 0 Å². The van der Waals surface area contributed by atoms with Crippen LogP contribution in [-0.2, 0) is 9.84 Å². The molecule has 0 fully saturated rings. The summed E-state index contributed by atoms with van der Waals surface area (Å²) in [6.45, 7) is 11.1. The smallest absolute Gasteiger partial charge is 0.179 e. The minimum atomic E-state index is -3.15. The van der Waals surface area contributed by atoms with Gasteiger partial charge < -0.3 is 0 Å². The summed E-state index contributed by atoms with van der Waals surface area (Å²) >= 11 is 0. The van der Waals surface area contributed by atoms with Gasteiger partial charge >= 0.3 is 0 Å². The van der Waals surface area contributed by atoms with Crippen molar-refractivity contribution in [1.29, 1.82) is 0 Å². The van der Waals surface area contributed by atoms with E-state index >= 15 is 0 Å². The summed E-state index contributed by atoms with van der Waals surface area (Å²) in [6, 6.07) is 0. The monoisotopic (exact) mass is 244 g/mol. The zero-order valence-corrected chi connectivity index (χ0v) is 12.1. The fourth-order valence-electron chi connectivity index (χ4n) is 1.33. The second-order valence-electron chi connectivity index (χ2n) is 5.19. The van der Waals surface area contributed by atoms with Crippen LogP contribution >= 0.6 is 0 Å². The van der Waals surface area contributed by atoms with Crippen LogP contribution in [0.15, 0.2) is 22.6 Å². The first-order valence-corrected chi connectivity index (χ1v) is 7.14. The molecule has 16 heavy (non-hydrogen) atoms. The minimum Gasteiger partial charge on any atom is -0.223 e. The van der Waals surface area contributed by atoms with Crippen LogP contribution in [0.3, 0.4) is 0 Å². The Morgan fingerprint density at radius 2 is 1.69 bits per heavy atom. The number of hydrogen-bond acceptors (Lipinski definition) is 2. The first-order valence-electron chi connectivity index (χ1n) is 5.66. The van der Waals surface area contributed by atoms with Crippen LogP contribution in [-0.4, -0.2) is 13.2 Å². The van der Waals surface area contributed by atoms with Crippen molar-refractivity contribution >= 4 is 9.84 Å². The van der Waals surface area contributed by atoms with Crippen molar-refractivity contribution in [3.8, 4) is 0 Å². The standard InChI is InChI=1S/C13H24O2S/c1-7-12(10-8-9-11(2)3)16(14,15)13(4,5)6/h7,9H,8,10H2,1-6H3/b12-7-. The van der Waals surface area contributed by atoms with Gasteiger partial charge in [0, 0.05) is 4.91 Å². The number of rotatable bonds is 4. The maximum atomic E-state index is 12.2. The zero-order chi connectivity index (χ0) is 13.0. The molecule has 0 heterocycles. The molecule has 0 aliphatic carbocycles. The quantitative estimate of drug-likeness (QED) is 0.704. The highest BCUT2D eigenvalue weighted by Gasteiger charge is 2.31. The average Bonchev–Trinajstić information content (AvgIpc) is 2.09. The number of hydrogen-bond donors (Lipinski definition) is 0. The molecule has 0 atom stereocenters. The van der Waals surface area contributed by atoms with Crippen molar-refractivity contribution in [3.05, 3.63) is 22.6 Å². The Balaban J connectivity index is 4.86. The van der Waals surface area contributed by atoms with Gasteiger partial charge in [-0.05, 0) is 54.4 Å². The molecule has 0 N–H and O–H groups in total. The number of sulfone groups is 1. The van der Waals surface area contributed by atoms with Gasteiger partial charge in [0.15, 0.2) is 9.84 Å². The largest absolute Gasteiger partial charge is 0.223 e. The molecule has 0 aromatic carbocycles. The second kappa shape index (κ2) is 5.67. The molecule has 0 spiro atoms. The fourth-order valence-corrected chi connectivity index (χ4v) is 2.81. The lowest BCUT2D eigenvalue weighted by Crippen LogP contribution is -2.29. The molecule has 0 amide bonds. The van der Waals surface area contributed by atoms with Crippen molar-refractivity contribution in [2.75, 3.05) is 0 Å². The first kappa shape index (κ1) is 15.4. The highest BCUT2D eigenvalue weighted by Crippen LogP contribution is 2.26. The van der Waals surface area contributed by atoms with Crippen LogP contribution in [0.25, 0.3) is 0 Å². The summed E-state index contributed by atoms with van der Waals surface area (Å²) in [5, 5.41) is 0. The van der Waals surface area contributed by atoms with Gasteiger partial charge in [-0.25, -0.2) is 8.42 Å². The van der Waals surface area contributed by atoms with E-state index in [4.69, 9.17) is 0 Å². The lowest BCUT2D eigenvalue weighted by Gasteiger charge is -2.21. The molecule has 0 bridgehead atoms. The SMILES string of the molecule is C/C=C(/CCC=C(C)C)S(=O)(=O)C(C)(C)C. The summed E-state index contributed by atoms with van der Waals surface area (Å²) in [6.07, 6.45) is 5.18. The predicted octanol–water partition coefficient (Wildman–Crippen LogP) is 3.85. The molecular formula is C13H24O2S. The van der Waals surface area contributed by atoms with Gasteiger partial charge in [0.25, 0.3) is 0 Å². The van der Waals surface area contributed by atoms with E-state index in [0.717, 1.165) is 6.42 Å². The Bertz CT molecular complexity index is 375. The van der Waals surface area contributed by atoms with E-state index in [9.17, 15) is 8.42 Å². The minimum absolute atomic E-state index is 0.553. The third kappa shape index (κ3) is 4.12. The summed E-state index contributed by atoms with van der Waals surface area (Å²) in [4.78, 5) is 0.553. The van der Waals surface area contributed by atoms with Gasteiger partial charge in [0.05, 0.1) is 4.75 Å². The lowest BCUT2D eigenvalue weighted by atomic mass is 10.2. The average molecular weight is 244 g/mol. The van der Waals surface area contributed by atoms with E-state index < -0.39 is 14.6 Å². The van der Waals surface area contributed by atoms with Crippen molar-refractivity contribution < 1.29 is 8.42 Å². The van der Waals surface area contributed by atoms with Crippen molar-refractivity contribution in [1.82, 2.24) is 0 Å². The van der Waals surface area contributed by atoms with E-state index in [1.54, 1.807) is 33.8 Å². The molecule has 0 radical (unpaired) electrons. The maximum absolute atomic E-state index is 12.2. The highest BCUT2D eigenvalue weighted by atomic mass is 32.2. The molecule has 0 aromatic rings. The van der Waals surface area contributed by atoms with Crippen molar-refractivity contribution in [3.63, 3.8) is 0 Å². The molecule has 0 aliphatic heterocycles. The topological polar surface area (TPSA) is 34.1 Å². The molecule has 0 rings (SSSR count). The molecule has 0 saturated carbocycles. The molecule has 2 nitrogen and oxygen atoms in total. The Hall–Kier alpha value is -0.570. The molecule has 0 aromatic heterocycles. The van der Waals surface area contributed by atoms with Crippen molar-refractivity contribution in [2.45, 2.75) is 59.1 Å². The highest BCUT2D eigenvalue weighted by molar-refractivity contribution is 7.96. The van der Waals surface area contributed by atoms with Crippen LogP contribution in [0.1, 0.15) is 54.4 Å². The van der Waals surface area contributed by atoms with Gasteiger partial charge in [-0.1, -0.05) is 17.7 Å². The molecule has 94 valence electrons. The molecular weight excluding hydrogens is 220 g/mol. The molecule has 3 heteroatoms. The van der Waals surface area contributed by atoms with Crippen LogP contribution < -0.4 is 0 Å². The van der Waals surface area contributed by atoms with Gasteiger partial charge in [-0.15, -0.1) is 0 Å². The molecule has 0 saturated heterocycles. The van der Waals surface area contributed by atoms with E-state index in [2.05, 4.69) is 6.08 Å². The first-order chi connectivity index (χ1) is 7.13. The zero-order valence-electron chi connectivity index (χ0n) is 11.3. The predicted molar refractivity (Wildman–Crippen MR) is 71.1 cm³/mol. The van der Waals surface area contributed by atoms with E-state index in [1.807, 2.05) is 13.8 Å².